The van der Waals surface area contributed by atoms with Crippen molar-refractivity contribution in [2.24, 2.45) is 0 Å². The highest BCUT2D eigenvalue weighted by atomic mass is 16.2. The van der Waals surface area contributed by atoms with Gasteiger partial charge in [-0.1, -0.05) is 48.5 Å². The van der Waals surface area contributed by atoms with E-state index in [-0.39, 0.29) is 12.5 Å². The molecular weight excluding hydrogens is 440 g/mol. The molecule has 3 amide bonds. The summed E-state index contributed by atoms with van der Waals surface area (Å²) in [5, 5.41) is 19.3. The summed E-state index contributed by atoms with van der Waals surface area (Å²) in [5.41, 5.74) is 3.49. The van der Waals surface area contributed by atoms with Crippen LogP contribution < -0.4 is 10.6 Å². The van der Waals surface area contributed by atoms with Crippen molar-refractivity contribution in [3.63, 3.8) is 0 Å². The van der Waals surface area contributed by atoms with E-state index < -0.39 is 6.03 Å². The molecule has 0 radical (unpaired) electrons. The minimum atomic E-state index is -0.408. The number of aromatic nitrogens is 2. The summed E-state index contributed by atoms with van der Waals surface area (Å²) in [6.45, 7) is 2.00. The topological polar surface area (TPSA) is 103 Å². The molecule has 35 heavy (non-hydrogen) atoms. The Labute approximate surface area is 203 Å². The molecule has 0 spiro atoms. The van der Waals surface area contributed by atoms with E-state index in [9.17, 15) is 9.59 Å². The van der Waals surface area contributed by atoms with Crippen LogP contribution in [0.1, 0.15) is 12.5 Å². The van der Waals surface area contributed by atoms with Crippen LogP contribution in [0.15, 0.2) is 91.0 Å². The summed E-state index contributed by atoms with van der Waals surface area (Å²) in [6, 6.07) is 29.2. The third-order valence-electron chi connectivity index (χ3n) is 5.32. The number of rotatable bonds is 7. The highest BCUT2D eigenvalue weighted by Gasteiger charge is 2.18. The SMILES string of the molecule is CCN(CC(=O)Nc1cc(-c2ccccc2)nn1-c1ccccc1)C(=O)Nc1ccc(C#N)cc1. The molecule has 174 valence electrons. The third kappa shape index (κ3) is 5.72. The average molecular weight is 465 g/mol. The summed E-state index contributed by atoms with van der Waals surface area (Å²) >= 11 is 0. The summed E-state index contributed by atoms with van der Waals surface area (Å²) < 4.78 is 1.67. The zero-order valence-corrected chi connectivity index (χ0v) is 19.2. The molecule has 2 N–H and O–H groups in total. The number of hydrogen-bond donors (Lipinski definition) is 2. The van der Waals surface area contributed by atoms with E-state index in [0.29, 0.717) is 23.6 Å². The van der Waals surface area contributed by atoms with Gasteiger partial charge in [-0.2, -0.15) is 10.4 Å². The van der Waals surface area contributed by atoms with Crippen molar-refractivity contribution in [3.05, 3.63) is 96.6 Å². The predicted octanol–water partition coefficient (Wildman–Crippen LogP) is 4.90. The number of anilines is 2. The normalized spacial score (nSPS) is 10.3. The first-order valence-electron chi connectivity index (χ1n) is 11.1. The van der Waals surface area contributed by atoms with Crippen LogP contribution in [0.5, 0.6) is 0 Å². The Bertz CT molecular complexity index is 1340. The van der Waals surface area contributed by atoms with Gasteiger partial charge in [0.05, 0.1) is 23.0 Å². The third-order valence-corrected chi connectivity index (χ3v) is 5.32. The number of para-hydroxylation sites is 1. The molecule has 8 heteroatoms. The smallest absolute Gasteiger partial charge is 0.315 e. The molecule has 0 atom stereocenters. The van der Waals surface area contributed by atoms with Gasteiger partial charge < -0.3 is 15.5 Å². The summed E-state index contributed by atoms with van der Waals surface area (Å²) in [7, 11) is 0. The van der Waals surface area contributed by atoms with Gasteiger partial charge in [0.1, 0.15) is 12.4 Å². The zero-order chi connectivity index (χ0) is 24.6. The molecule has 0 fully saturated rings. The number of hydrogen-bond acceptors (Lipinski definition) is 4. The Morgan fingerprint density at radius 2 is 1.60 bits per heavy atom. The predicted molar refractivity (Wildman–Crippen MR) is 135 cm³/mol. The van der Waals surface area contributed by atoms with Crippen LogP contribution in [-0.2, 0) is 4.79 Å². The maximum Gasteiger partial charge on any atom is 0.322 e. The molecule has 0 saturated carbocycles. The molecule has 0 aliphatic carbocycles. The lowest BCUT2D eigenvalue weighted by molar-refractivity contribution is -0.116. The first-order chi connectivity index (χ1) is 17.1. The minimum Gasteiger partial charge on any atom is -0.315 e. The fraction of sp³-hybridized carbons (Fsp3) is 0.111. The number of nitriles is 1. The average Bonchev–Trinajstić information content (AvgIpc) is 3.32. The maximum atomic E-state index is 12.9. The number of nitrogens with zero attached hydrogens (tertiary/aromatic N) is 4. The van der Waals surface area contributed by atoms with Crippen LogP contribution in [0.25, 0.3) is 16.9 Å². The van der Waals surface area contributed by atoms with E-state index >= 15 is 0 Å². The molecule has 8 nitrogen and oxygen atoms in total. The molecule has 3 aromatic carbocycles. The number of likely N-dealkylation sites (N-methyl/N-ethyl adjacent to an activating group) is 1. The first-order valence-corrected chi connectivity index (χ1v) is 11.1. The molecule has 0 unspecified atom stereocenters. The number of urea groups is 1. The molecule has 0 bridgehead atoms. The number of benzene rings is 3. The van der Waals surface area contributed by atoms with Gasteiger partial charge in [0.25, 0.3) is 0 Å². The van der Waals surface area contributed by atoms with Crippen molar-refractivity contribution in [1.29, 1.82) is 5.26 Å². The van der Waals surface area contributed by atoms with Crippen LogP contribution >= 0.6 is 0 Å². The zero-order valence-electron chi connectivity index (χ0n) is 19.2. The second-order valence-corrected chi connectivity index (χ2v) is 7.71. The standard InChI is InChI=1S/C27H24N6O2/c1-2-32(27(35)29-22-15-13-20(18-28)14-16-22)19-26(34)30-25-17-24(21-9-5-3-6-10-21)31-33(25)23-11-7-4-8-12-23/h3-17H,2,19H2,1H3,(H,29,35)(H,30,34). The van der Waals surface area contributed by atoms with Crippen LogP contribution in [0, 0.1) is 11.3 Å². The minimum absolute atomic E-state index is 0.140. The largest absolute Gasteiger partial charge is 0.322 e. The van der Waals surface area contributed by atoms with Gasteiger partial charge in [0.2, 0.25) is 5.91 Å². The van der Waals surface area contributed by atoms with Crippen molar-refractivity contribution in [3.8, 4) is 23.0 Å². The van der Waals surface area contributed by atoms with Gasteiger partial charge in [-0.3, -0.25) is 4.79 Å². The van der Waals surface area contributed by atoms with E-state index in [0.717, 1.165) is 16.9 Å². The molecule has 1 aromatic heterocycles. The summed E-state index contributed by atoms with van der Waals surface area (Å²) in [4.78, 5) is 27.1. The maximum absolute atomic E-state index is 12.9. The number of carbonyl (C=O) groups is 2. The lowest BCUT2D eigenvalue weighted by atomic mass is 10.1. The fourth-order valence-corrected chi connectivity index (χ4v) is 3.50. The second kappa shape index (κ2) is 10.8. The Morgan fingerprint density at radius 3 is 2.23 bits per heavy atom. The quantitative estimate of drug-likeness (QED) is 0.406. The Hall–Kier alpha value is -4.90. The lowest BCUT2D eigenvalue weighted by Crippen LogP contribution is -2.40. The summed E-state index contributed by atoms with van der Waals surface area (Å²) in [5.74, 6) is 0.155. The molecule has 0 saturated heterocycles. The van der Waals surface area contributed by atoms with E-state index in [2.05, 4.69) is 10.6 Å². The van der Waals surface area contributed by atoms with E-state index in [1.54, 1.807) is 35.9 Å². The molecule has 4 rings (SSSR count). The highest BCUT2D eigenvalue weighted by molar-refractivity contribution is 5.97. The number of carbonyl (C=O) groups excluding carboxylic acids is 2. The van der Waals surface area contributed by atoms with Crippen LogP contribution in [-0.4, -0.2) is 39.7 Å². The van der Waals surface area contributed by atoms with E-state index in [1.165, 1.54) is 4.90 Å². The molecule has 1 heterocycles. The van der Waals surface area contributed by atoms with E-state index in [4.69, 9.17) is 10.4 Å². The van der Waals surface area contributed by atoms with Gasteiger partial charge >= 0.3 is 6.03 Å². The highest BCUT2D eigenvalue weighted by Crippen LogP contribution is 2.24. The monoisotopic (exact) mass is 464 g/mol. The van der Waals surface area contributed by atoms with Crippen molar-refractivity contribution < 1.29 is 9.59 Å². The van der Waals surface area contributed by atoms with Gasteiger partial charge in [-0.25, -0.2) is 9.48 Å². The Kier molecular flexibility index (Phi) is 7.19. The Morgan fingerprint density at radius 1 is 0.943 bits per heavy atom. The van der Waals surface area contributed by atoms with Crippen molar-refractivity contribution in [2.75, 3.05) is 23.7 Å². The van der Waals surface area contributed by atoms with Gasteiger partial charge in [-0.15, -0.1) is 0 Å². The Balaban J connectivity index is 1.50. The van der Waals surface area contributed by atoms with Gasteiger partial charge in [-0.05, 0) is 43.3 Å². The van der Waals surface area contributed by atoms with Crippen LogP contribution in [0.2, 0.25) is 0 Å². The molecular formula is C27H24N6O2. The molecule has 0 aliphatic rings. The second-order valence-electron chi connectivity index (χ2n) is 7.71. The van der Waals surface area contributed by atoms with E-state index in [1.807, 2.05) is 72.8 Å². The number of amides is 3. The van der Waals surface area contributed by atoms with Crippen LogP contribution in [0.4, 0.5) is 16.3 Å². The molecule has 0 aliphatic heterocycles. The lowest BCUT2D eigenvalue weighted by Gasteiger charge is -2.21. The van der Waals surface area contributed by atoms with Gasteiger partial charge in [0.15, 0.2) is 0 Å². The van der Waals surface area contributed by atoms with Crippen molar-refractivity contribution in [2.45, 2.75) is 6.92 Å². The molecule has 4 aromatic rings. The van der Waals surface area contributed by atoms with Gasteiger partial charge in [0, 0.05) is 23.9 Å². The number of nitrogens with one attached hydrogen (secondary N) is 2. The van der Waals surface area contributed by atoms with Crippen LogP contribution in [0.3, 0.4) is 0 Å². The first kappa shape index (κ1) is 23.3. The van der Waals surface area contributed by atoms with Crippen molar-refractivity contribution in [1.82, 2.24) is 14.7 Å². The fourth-order valence-electron chi connectivity index (χ4n) is 3.50. The summed E-state index contributed by atoms with van der Waals surface area (Å²) in [6.07, 6.45) is 0. The van der Waals surface area contributed by atoms with Crippen molar-refractivity contribution >= 4 is 23.4 Å².